The van der Waals surface area contributed by atoms with E-state index in [2.05, 4.69) is 22.9 Å². The summed E-state index contributed by atoms with van der Waals surface area (Å²) in [7, 11) is 4.76. The topological polar surface area (TPSA) is 51.5 Å². The first kappa shape index (κ1) is 24.8. The second kappa shape index (κ2) is 11.3. The lowest BCUT2D eigenvalue weighted by molar-refractivity contribution is 0.324. The van der Waals surface area contributed by atoms with E-state index in [0.29, 0.717) is 45.8 Å². The minimum absolute atomic E-state index is 0.222. The number of rotatable bonds is 11. The van der Waals surface area contributed by atoms with Gasteiger partial charge >= 0.3 is 0 Å². The Kier molecular flexibility index (Phi) is 9.32. The number of alkyl halides is 1. The minimum Gasteiger partial charge on any atom is -0.493 e. The number of halogens is 3. The molecule has 1 atom stereocenters. The quantitative estimate of drug-likeness (QED) is 0.256. The number of hydrogen-bond acceptors (Lipinski definition) is 4. The summed E-state index contributed by atoms with van der Waals surface area (Å²) in [6.45, 7) is 2.18. The van der Waals surface area contributed by atoms with Crippen LogP contribution in [0.3, 0.4) is 0 Å². The van der Waals surface area contributed by atoms with E-state index < -0.39 is 0 Å². The summed E-state index contributed by atoms with van der Waals surface area (Å²) < 4.78 is 16.3. The standard InChI is InChI=1S/C23H28BrCl2NO3/c1-23(8-5-9-24,16-6-7-18(25)19(26)13-16)14-17(27)10-15-11-20(28-2)22(30-4)21(12-15)29-3/h6-7,11-13,27H,5,8-10,14H2,1-4H3. The Balaban J connectivity index is 2.29. The summed E-state index contributed by atoms with van der Waals surface area (Å²) in [4.78, 5) is 0. The van der Waals surface area contributed by atoms with E-state index in [1.54, 1.807) is 21.3 Å². The normalized spacial score (nSPS) is 12.9. The van der Waals surface area contributed by atoms with Crippen molar-refractivity contribution in [1.29, 1.82) is 5.41 Å². The van der Waals surface area contributed by atoms with Gasteiger partial charge in [-0.25, -0.2) is 0 Å². The number of methoxy groups -OCH3 is 3. The average molecular weight is 517 g/mol. The fourth-order valence-corrected chi connectivity index (χ4v) is 4.26. The van der Waals surface area contributed by atoms with Gasteiger partial charge in [0.2, 0.25) is 5.75 Å². The Morgan fingerprint density at radius 2 is 1.63 bits per heavy atom. The molecule has 0 saturated heterocycles. The number of hydrogen-bond donors (Lipinski definition) is 1. The van der Waals surface area contributed by atoms with E-state index in [4.69, 9.17) is 42.8 Å². The first-order valence-electron chi connectivity index (χ1n) is 9.64. The minimum atomic E-state index is -0.222. The smallest absolute Gasteiger partial charge is 0.203 e. The van der Waals surface area contributed by atoms with Crippen molar-refractivity contribution in [2.45, 2.75) is 38.0 Å². The first-order chi connectivity index (χ1) is 14.3. The van der Waals surface area contributed by atoms with Gasteiger partial charge in [0, 0.05) is 17.5 Å². The van der Waals surface area contributed by atoms with Crippen LogP contribution in [0, 0.1) is 5.41 Å². The van der Waals surface area contributed by atoms with Crippen LogP contribution in [0.1, 0.15) is 37.3 Å². The molecule has 164 valence electrons. The lowest BCUT2D eigenvalue weighted by atomic mass is 9.74. The zero-order chi connectivity index (χ0) is 22.3. The molecule has 7 heteroatoms. The van der Waals surface area contributed by atoms with Crippen LogP contribution in [0.5, 0.6) is 17.2 Å². The fourth-order valence-electron chi connectivity index (χ4n) is 3.68. The van der Waals surface area contributed by atoms with Gasteiger partial charge < -0.3 is 19.6 Å². The molecule has 0 saturated carbocycles. The van der Waals surface area contributed by atoms with Gasteiger partial charge in [-0.1, -0.05) is 52.1 Å². The highest BCUT2D eigenvalue weighted by molar-refractivity contribution is 9.09. The number of benzene rings is 2. The molecule has 4 nitrogen and oxygen atoms in total. The van der Waals surface area contributed by atoms with Crippen LogP contribution in [0.2, 0.25) is 10.0 Å². The summed E-state index contributed by atoms with van der Waals surface area (Å²) in [5.41, 5.74) is 2.42. The molecule has 1 unspecified atom stereocenters. The third-order valence-corrected chi connectivity index (χ3v) is 6.52. The molecule has 0 spiro atoms. The van der Waals surface area contributed by atoms with Gasteiger partial charge in [-0.15, -0.1) is 0 Å². The van der Waals surface area contributed by atoms with Crippen molar-refractivity contribution >= 4 is 44.8 Å². The Hall–Kier alpha value is -1.43. The molecule has 1 N–H and O–H groups in total. The Morgan fingerprint density at radius 1 is 1.00 bits per heavy atom. The van der Waals surface area contributed by atoms with E-state index in [-0.39, 0.29) is 5.41 Å². The van der Waals surface area contributed by atoms with Crippen LogP contribution < -0.4 is 14.2 Å². The predicted molar refractivity (Wildman–Crippen MR) is 129 cm³/mol. The maximum absolute atomic E-state index is 8.73. The maximum Gasteiger partial charge on any atom is 0.203 e. The summed E-state index contributed by atoms with van der Waals surface area (Å²) in [5.74, 6) is 1.73. The second-order valence-corrected chi connectivity index (χ2v) is 9.08. The molecule has 0 aromatic heterocycles. The molecule has 0 aliphatic rings. The Morgan fingerprint density at radius 3 is 2.13 bits per heavy atom. The lowest BCUT2D eigenvalue weighted by Gasteiger charge is -2.31. The molecule has 0 heterocycles. The van der Waals surface area contributed by atoms with Crippen molar-refractivity contribution in [3.8, 4) is 17.2 Å². The molecule has 0 aliphatic carbocycles. The summed E-state index contributed by atoms with van der Waals surface area (Å²) in [6, 6.07) is 9.55. The molecule has 2 aromatic carbocycles. The first-order valence-corrected chi connectivity index (χ1v) is 11.5. The van der Waals surface area contributed by atoms with E-state index in [1.807, 2.05) is 30.3 Å². The highest BCUT2D eigenvalue weighted by atomic mass is 79.9. The Bertz CT molecular complexity index is 866. The predicted octanol–water partition coefficient (Wildman–Crippen LogP) is 7.10. The molecule has 0 fully saturated rings. The van der Waals surface area contributed by atoms with Gasteiger partial charge in [0.15, 0.2) is 11.5 Å². The molecule has 30 heavy (non-hydrogen) atoms. The van der Waals surface area contributed by atoms with Crippen LogP contribution in [0.4, 0.5) is 0 Å². The van der Waals surface area contributed by atoms with Gasteiger partial charge in [-0.05, 0) is 60.1 Å². The van der Waals surface area contributed by atoms with Crippen molar-refractivity contribution in [2.24, 2.45) is 0 Å². The van der Waals surface area contributed by atoms with E-state index >= 15 is 0 Å². The van der Waals surface area contributed by atoms with Crippen molar-refractivity contribution in [3.05, 3.63) is 51.5 Å². The molecule has 0 bridgehead atoms. The van der Waals surface area contributed by atoms with Gasteiger partial charge in [-0.2, -0.15) is 0 Å². The third-order valence-electron chi connectivity index (χ3n) is 5.22. The van der Waals surface area contributed by atoms with Crippen molar-refractivity contribution in [1.82, 2.24) is 0 Å². The zero-order valence-electron chi connectivity index (χ0n) is 17.8. The van der Waals surface area contributed by atoms with Gasteiger partial charge in [-0.3, -0.25) is 0 Å². The number of nitrogens with one attached hydrogen (secondary N) is 1. The third kappa shape index (κ3) is 6.05. The van der Waals surface area contributed by atoms with Gasteiger partial charge in [0.05, 0.1) is 31.4 Å². The molecular weight excluding hydrogens is 489 g/mol. The van der Waals surface area contributed by atoms with Crippen LogP contribution in [-0.2, 0) is 11.8 Å². The molecule has 0 radical (unpaired) electrons. The lowest BCUT2D eigenvalue weighted by Crippen LogP contribution is -2.26. The van der Waals surface area contributed by atoms with Crippen molar-refractivity contribution in [3.63, 3.8) is 0 Å². The van der Waals surface area contributed by atoms with Gasteiger partial charge in [0.1, 0.15) is 0 Å². The highest BCUT2D eigenvalue weighted by Crippen LogP contribution is 2.40. The molecular formula is C23H28BrCl2NO3. The molecule has 0 aliphatic heterocycles. The van der Waals surface area contributed by atoms with E-state index in [1.165, 1.54) is 0 Å². The van der Waals surface area contributed by atoms with Crippen LogP contribution in [-0.4, -0.2) is 32.4 Å². The van der Waals surface area contributed by atoms with Crippen LogP contribution in [0.15, 0.2) is 30.3 Å². The maximum atomic E-state index is 8.73. The Labute approximate surface area is 197 Å². The van der Waals surface area contributed by atoms with Crippen LogP contribution in [0.25, 0.3) is 0 Å². The van der Waals surface area contributed by atoms with E-state index in [9.17, 15) is 0 Å². The molecule has 0 amide bonds. The summed E-state index contributed by atoms with van der Waals surface area (Å²) in [5, 5.41) is 10.7. The molecule has 2 aromatic rings. The zero-order valence-corrected chi connectivity index (χ0v) is 20.9. The van der Waals surface area contributed by atoms with E-state index in [0.717, 1.165) is 29.3 Å². The van der Waals surface area contributed by atoms with Crippen molar-refractivity contribution in [2.75, 3.05) is 26.7 Å². The van der Waals surface area contributed by atoms with Crippen LogP contribution >= 0.6 is 39.1 Å². The average Bonchev–Trinajstić information content (AvgIpc) is 2.73. The highest BCUT2D eigenvalue weighted by Gasteiger charge is 2.28. The summed E-state index contributed by atoms with van der Waals surface area (Å²) >= 11 is 15.9. The van der Waals surface area contributed by atoms with Crippen molar-refractivity contribution < 1.29 is 14.2 Å². The monoisotopic (exact) mass is 515 g/mol. The molecule has 2 rings (SSSR count). The SMILES string of the molecule is COc1cc(CC(=N)CC(C)(CCCBr)c2ccc(Cl)c(Cl)c2)cc(OC)c1OC. The second-order valence-electron chi connectivity index (χ2n) is 7.47. The summed E-state index contributed by atoms with van der Waals surface area (Å²) in [6.07, 6.45) is 3.01. The largest absolute Gasteiger partial charge is 0.493 e. The van der Waals surface area contributed by atoms with Gasteiger partial charge in [0.25, 0.3) is 0 Å². The fraction of sp³-hybridized carbons (Fsp3) is 0.435. The number of ether oxygens (including phenoxy) is 3.